The zero-order chi connectivity index (χ0) is 20.7. The van der Waals surface area contributed by atoms with Crippen molar-refractivity contribution in [3.8, 4) is 11.5 Å². The molecule has 1 aromatic carbocycles. The molecule has 28 heavy (non-hydrogen) atoms. The molecule has 0 aliphatic heterocycles. The molecular formula is C18H21N3O7. The van der Waals surface area contributed by atoms with Gasteiger partial charge >= 0.3 is 11.7 Å². The van der Waals surface area contributed by atoms with Crippen LogP contribution in [-0.2, 0) is 16.1 Å². The summed E-state index contributed by atoms with van der Waals surface area (Å²) in [4.78, 5) is 49.7. The number of anilines is 1. The zero-order valence-electron chi connectivity index (χ0n) is 15.5. The van der Waals surface area contributed by atoms with Crippen LogP contribution in [0.1, 0.15) is 23.7 Å². The van der Waals surface area contributed by atoms with Crippen LogP contribution >= 0.6 is 0 Å². The highest BCUT2D eigenvalue weighted by atomic mass is 16.6. The number of esters is 1. The molecular weight excluding hydrogens is 370 g/mol. The number of carbonyl (C=O) groups is 2. The Kier molecular flexibility index (Phi) is 6.96. The van der Waals surface area contributed by atoms with Crippen LogP contribution in [0.4, 0.5) is 5.82 Å². The molecule has 0 amide bonds. The van der Waals surface area contributed by atoms with Crippen LogP contribution in [-0.4, -0.2) is 41.6 Å². The van der Waals surface area contributed by atoms with Crippen LogP contribution in [0, 0.1) is 0 Å². The van der Waals surface area contributed by atoms with E-state index in [0.29, 0.717) is 17.9 Å². The molecule has 10 heteroatoms. The Balaban J connectivity index is 1.97. The van der Waals surface area contributed by atoms with Crippen LogP contribution in [0.5, 0.6) is 11.5 Å². The number of aromatic nitrogens is 2. The number of aromatic amines is 1. The van der Waals surface area contributed by atoms with Crippen molar-refractivity contribution in [2.24, 2.45) is 0 Å². The van der Waals surface area contributed by atoms with Crippen molar-refractivity contribution < 1.29 is 23.8 Å². The Morgan fingerprint density at radius 1 is 1.11 bits per heavy atom. The number of nitrogens with zero attached hydrogens (tertiary/aromatic N) is 1. The summed E-state index contributed by atoms with van der Waals surface area (Å²) in [5.41, 5.74) is 3.74. The van der Waals surface area contributed by atoms with E-state index in [2.05, 4.69) is 0 Å². The highest BCUT2D eigenvalue weighted by Gasteiger charge is 2.20. The maximum atomic E-state index is 12.3. The van der Waals surface area contributed by atoms with Gasteiger partial charge in [-0.2, -0.15) is 0 Å². The third-order valence-electron chi connectivity index (χ3n) is 3.75. The van der Waals surface area contributed by atoms with E-state index < -0.39 is 41.8 Å². The van der Waals surface area contributed by atoms with Crippen molar-refractivity contribution in [3.63, 3.8) is 0 Å². The summed E-state index contributed by atoms with van der Waals surface area (Å²) >= 11 is 0. The van der Waals surface area contributed by atoms with Gasteiger partial charge in [0.05, 0.1) is 7.11 Å². The number of ketones is 1. The maximum Gasteiger partial charge on any atom is 0.344 e. The highest BCUT2D eigenvalue weighted by molar-refractivity contribution is 6.01. The van der Waals surface area contributed by atoms with Crippen LogP contribution in [0.25, 0.3) is 0 Å². The minimum absolute atomic E-state index is 0.233. The van der Waals surface area contributed by atoms with Crippen LogP contribution in [0.15, 0.2) is 33.9 Å². The molecule has 0 atom stereocenters. The first-order valence-electron chi connectivity index (χ1n) is 8.45. The fourth-order valence-electron chi connectivity index (χ4n) is 2.38. The van der Waals surface area contributed by atoms with Crippen LogP contribution in [0.3, 0.4) is 0 Å². The third kappa shape index (κ3) is 5.00. The van der Waals surface area contributed by atoms with E-state index in [1.165, 1.54) is 7.11 Å². The molecule has 3 N–H and O–H groups in total. The number of Topliss-reactive ketones (excluding diaryl/α,β-unsaturated/α-hetero) is 1. The van der Waals surface area contributed by atoms with E-state index >= 15 is 0 Å². The lowest BCUT2D eigenvalue weighted by molar-refractivity contribution is -0.144. The Hall–Kier alpha value is -3.56. The van der Waals surface area contributed by atoms with Crippen LogP contribution in [0.2, 0.25) is 0 Å². The van der Waals surface area contributed by atoms with Gasteiger partial charge in [-0.15, -0.1) is 0 Å². The molecule has 1 aromatic heterocycles. The fourth-order valence-corrected chi connectivity index (χ4v) is 2.38. The second-order valence-electron chi connectivity index (χ2n) is 5.72. The van der Waals surface area contributed by atoms with E-state index in [1.54, 1.807) is 24.3 Å². The molecule has 0 radical (unpaired) electrons. The van der Waals surface area contributed by atoms with E-state index in [-0.39, 0.29) is 12.4 Å². The molecule has 0 unspecified atom stereocenters. The first-order valence-corrected chi connectivity index (χ1v) is 8.45. The number of ether oxygens (including phenoxy) is 3. The van der Waals surface area contributed by atoms with Crippen molar-refractivity contribution in [2.45, 2.75) is 19.9 Å². The molecule has 0 aliphatic rings. The second kappa shape index (κ2) is 9.40. The zero-order valence-corrected chi connectivity index (χ0v) is 15.5. The normalized spacial score (nSPS) is 10.4. The topological polar surface area (TPSA) is 143 Å². The lowest BCUT2D eigenvalue weighted by Gasteiger charge is -2.11. The Labute approximate surface area is 159 Å². The summed E-state index contributed by atoms with van der Waals surface area (Å²) in [6.45, 7) is 0.906. The van der Waals surface area contributed by atoms with Crippen molar-refractivity contribution in [2.75, 3.05) is 26.1 Å². The third-order valence-corrected chi connectivity index (χ3v) is 3.75. The van der Waals surface area contributed by atoms with Crippen molar-refractivity contribution in [3.05, 3.63) is 50.7 Å². The molecule has 0 saturated heterocycles. The van der Waals surface area contributed by atoms with Crippen molar-refractivity contribution in [1.82, 2.24) is 9.55 Å². The van der Waals surface area contributed by atoms with Gasteiger partial charge in [0.25, 0.3) is 5.56 Å². The number of nitrogens with two attached hydrogens (primary N) is 1. The summed E-state index contributed by atoms with van der Waals surface area (Å²) in [5, 5.41) is 0. The van der Waals surface area contributed by atoms with Gasteiger partial charge < -0.3 is 19.9 Å². The summed E-state index contributed by atoms with van der Waals surface area (Å²) in [7, 11) is 1.52. The molecule has 1 heterocycles. The molecule has 0 fully saturated rings. The predicted molar refractivity (Wildman–Crippen MR) is 99.8 cm³/mol. The average molecular weight is 391 g/mol. The molecule has 0 aliphatic carbocycles. The standard InChI is InChI=1S/C18H21N3O7/c1-3-8-21-16(19)15(17(24)20-18(21)25)13(22)9-28-14(23)10-27-12-6-4-11(26-2)5-7-12/h4-7H,3,8-10,19H2,1-2H3,(H,20,24,25). The van der Waals surface area contributed by atoms with E-state index in [9.17, 15) is 19.2 Å². The quantitative estimate of drug-likeness (QED) is 0.460. The number of rotatable bonds is 9. The van der Waals surface area contributed by atoms with Crippen molar-refractivity contribution >= 4 is 17.6 Å². The molecule has 150 valence electrons. The summed E-state index contributed by atoms with van der Waals surface area (Å²) in [5.74, 6) is -0.835. The smallest absolute Gasteiger partial charge is 0.344 e. The summed E-state index contributed by atoms with van der Waals surface area (Å²) < 4.78 is 16.2. The van der Waals surface area contributed by atoms with Gasteiger partial charge in [0.2, 0.25) is 5.78 Å². The number of hydrogen-bond acceptors (Lipinski definition) is 8. The second-order valence-corrected chi connectivity index (χ2v) is 5.72. The number of hydrogen-bond donors (Lipinski definition) is 2. The average Bonchev–Trinajstić information content (AvgIpc) is 2.68. The van der Waals surface area contributed by atoms with Gasteiger partial charge in [0.1, 0.15) is 22.9 Å². The lowest BCUT2D eigenvalue weighted by atomic mass is 10.2. The van der Waals surface area contributed by atoms with Gasteiger partial charge in [0, 0.05) is 6.54 Å². The Morgan fingerprint density at radius 3 is 2.36 bits per heavy atom. The lowest BCUT2D eigenvalue weighted by Crippen LogP contribution is -2.37. The first-order chi connectivity index (χ1) is 13.4. The molecule has 0 bridgehead atoms. The van der Waals surface area contributed by atoms with Crippen molar-refractivity contribution in [1.29, 1.82) is 0 Å². The molecule has 10 nitrogen and oxygen atoms in total. The van der Waals surface area contributed by atoms with Gasteiger partial charge in [-0.3, -0.25) is 19.1 Å². The number of benzene rings is 1. The fraction of sp³-hybridized carbons (Fsp3) is 0.333. The van der Waals surface area contributed by atoms with E-state index in [1.807, 2.05) is 11.9 Å². The van der Waals surface area contributed by atoms with Gasteiger partial charge in [-0.1, -0.05) is 6.92 Å². The van der Waals surface area contributed by atoms with Gasteiger partial charge in [-0.25, -0.2) is 9.59 Å². The Bertz CT molecular complexity index is 961. The molecule has 2 rings (SSSR count). The van der Waals surface area contributed by atoms with Gasteiger partial charge in [-0.05, 0) is 30.7 Å². The van der Waals surface area contributed by atoms with Gasteiger partial charge in [0.15, 0.2) is 13.2 Å². The summed E-state index contributed by atoms with van der Waals surface area (Å²) in [6.07, 6.45) is 0.571. The SMILES string of the molecule is CCCn1c(N)c(C(=O)COC(=O)COc2ccc(OC)cc2)c(=O)[nH]c1=O. The summed E-state index contributed by atoms with van der Waals surface area (Å²) in [6, 6.07) is 6.53. The van der Waals surface area contributed by atoms with Crippen LogP contribution < -0.4 is 26.5 Å². The predicted octanol–water partition coefficient (Wildman–Crippen LogP) is 0.342. The number of methoxy groups -OCH3 is 1. The minimum atomic E-state index is -0.926. The maximum absolute atomic E-state index is 12.3. The molecule has 2 aromatic rings. The molecule has 0 saturated carbocycles. The number of carbonyl (C=O) groups excluding carboxylic acids is 2. The number of nitrogen functional groups attached to an aromatic ring is 1. The highest BCUT2D eigenvalue weighted by Crippen LogP contribution is 2.16. The minimum Gasteiger partial charge on any atom is -0.497 e. The molecule has 0 spiro atoms. The number of nitrogens with one attached hydrogen (secondary N) is 1. The largest absolute Gasteiger partial charge is 0.497 e. The number of H-pyrrole nitrogens is 1. The monoisotopic (exact) mass is 391 g/mol. The Morgan fingerprint density at radius 2 is 1.75 bits per heavy atom. The first kappa shape index (κ1) is 20.7. The van der Waals surface area contributed by atoms with E-state index in [0.717, 1.165) is 4.57 Å². The van der Waals surface area contributed by atoms with E-state index in [4.69, 9.17) is 19.9 Å².